The largest absolute Gasteiger partial charge is 0.312 e. The molecule has 0 radical (unpaired) electrons. The van der Waals surface area contributed by atoms with Crippen molar-refractivity contribution in [3.8, 4) is 0 Å². The molecule has 0 amide bonds. The predicted molar refractivity (Wildman–Crippen MR) is 99.5 cm³/mol. The highest BCUT2D eigenvalue weighted by atomic mass is 79.9. The molecule has 0 atom stereocenters. The quantitative estimate of drug-likeness (QED) is 0.668. The van der Waals surface area contributed by atoms with Crippen LogP contribution in [0.25, 0.3) is 0 Å². The monoisotopic (exact) mass is 359 g/mol. The first-order chi connectivity index (χ1) is 10.6. The highest BCUT2D eigenvalue weighted by molar-refractivity contribution is 9.10. The van der Waals surface area contributed by atoms with Crippen LogP contribution in [0.15, 0.2) is 40.9 Å². The van der Waals surface area contributed by atoms with Crippen molar-refractivity contribution in [2.75, 3.05) is 6.54 Å². The van der Waals surface area contributed by atoms with Crippen molar-refractivity contribution >= 4 is 15.9 Å². The Balaban J connectivity index is 1.90. The minimum Gasteiger partial charge on any atom is -0.312 e. The molecule has 2 aromatic rings. The first-order valence-corrected chi connectivity index (χ1v) is 8.99. The van der Waals surface area contributed by atoms with Crippen molar-refractivity contribution in [2.24, 2.45) is 0 Å². The summed E-state index contributed by atoms with van der Waals surface area (Å²) in [5, 5.41) is 3.57. The number of nitrogens with one attached hydrogen (secondary N) is 1. The number of benzene rings is 2. The molecule has 2 rings (SSSR count). The van der Waals surface area contributed by atoms with Gasteiger partial charge in [0, 0.05) is 11.0 Å². The van der Waals surface area contributed by atoms with Gasteiger partial charge in [-0.1, -0.05) is 54.0 Å². The Labute approximate surface area is 143 Å². The minimum atomic E-state index is 0.926. The number of hydrogen-bond acceptors (Lipinski definition) is 1. The lowest BCUT2D eigenvalue weighted by atomic mass is 9.98. The van der Waals surface area contributed by atoms with Crippen LogP contribution in [0.1, 0.15) is 41.7 Å². The summed E-state index contributed by atoms with van der Waals surface area (Å²) in [6.07, 6.45) is 3.33. The lowest BCUT2D eigenvalue weighted by molar-refractivity contribution is 0.683. The van der Waals surface area contributed by atoms with Gasteiger partial charge in [-0.15, -0.1) is 0 Å². The Kier molecular flexibility index (Phi) is 6.66. The number of halogens is 1. The van der Waals surface area contributed by atoms with Crippen molar-refractivity contribution in [3.63, 3.8) is 0 Å². The van der Waals surface area contributed by atoms with Crippen molar-refractivity contribution in [2.45, 2.75) is 46.6 Å². The summed E-state index contributed by atoms with van der Waals surface area (Å²) >= 11 is 3.57. The summed E-state index contributed by atoms with van der Waals surface area (Å²) in [4.78, 5) is 0. The molecular weight excluding hydrogens is 334 g/mol. The lowest BCUT2D eigenvalue weighted by Gasteiger charge is -2.11. The molecular formula is C20H26BrN. The van der Waals surface area contributed by atoms with Gasteiger partial charge in [0.05, 0.1) is 0 Å². The molecule has 22 heavy (non-hydrogen) atoms. The zero-order chi connectivity index (χ0) is 15.9. The predicted octanol–water partition coefficient (Wildman–Crippen LogP) is 5.21. The first-order valence-electron chi connectivity index (χ1n) is 8.19. The molecule has 1 N–H and O–H groups in total. The summed E-state index contributed by atoms with van der Waals surface area (Å²) in [7, 11) is 0. The van der Waals surface area contributed by atoms with Crippen molar-refractivity contribution in [1.29, 1.82) is 0 Å². The van der Waals surface area contributed by atoms with Crippen LogP contribution in [0.4, 0.5) is 0 Å². The smallest absolute Gasteiger partial charge is 0.0206 e. The minimum absolute atomic E-state index is 0.926. The van der Waals surface area contributed by atoms with Gasteiger partial charge >= 0.3 is 0 Å². The van der Waals surface area contributed by atoms with Gasteiger partial charge in [-0.25, -0.2) is 0 Å². The molecule has 1 nitrogen and oxygen atoms in total. The number of hydrogen-bond donors (Lipinski definition) is 1. The van der Waals surface area contributed by atoms with Crippen LogP contribution in [0.5, 0.6) is 0 Å². The molecule has 118 valence electrons. The Morgan fingerprint density at radius 1 is 0.909 bits per heavy atom. The Morgan fingerprint density at radius 2 is 1.73 bits per heavy atom. The number of aryl methyl sites for hydroxylation is 3. The normalized spacial score (nSPS) is 10.9. The highest BCUT2D eigenvalue weighted by Gasteiger charge is 2.03. The second kappa shape index (κ2) is 8.50. The summed E-state index contributed by atoms with van der Waals surface area (Å²) in [5.74, 6) is 0. The molecule has 0 heterocycles. The average molecular weight is 360 g/mol. The standard InChI is InChI=1S/C20H26BrN/c1-4-16-6-7-18(5-2)19(12-16)8-9-22-14-17-10-15(3)11-20(21)13-17/h6-7,10-13,22H,4-5,8-9,14H2,1-3H3. The fourth-order valence-electron chi connectivity index (χ4n) is 2.85. The van der Waals surface area contributed by atoms with Gasteiger partial charge in [0.2, 0.25) is 0 Å². The van der Waals surface area contributed by atoms with Gasteiger partial charge in [-0.3, -0.25) is 0 Å². The third-order valence-electron chi connectivity index (χ3n) is 4.06. The van der Waals surface area contributed by atoms with Crippen LogP contribution < -0.4 is 5.32 Å². The van der Waals surface area contributed by atoms with Crippen LogP contribution in [0.3, 0.4) is 0 Å². The molecule has 0 spiro atoms. The molecule has 0 aliphatic rings. The molecule has 2 heteroatoms. The van der Waals surface area contributed by atoms with E-state index in [-0.39, 0.29) is 0 Å². The fourth-order valence-corrected chi connectivity index (χ4v) is 3.50. The van der Waals surface area contributed by atoms with Crippen LogP contribution in [-0.4, -0.2) is 6.54 Å². The zero-order valence-electron chi connectivity index (χ0n) is 13.9. The van der Waals surface area contributed by atoms with E-state index >= 15 is 0 Å². The second-order valence-electron chi connectivity index (χ2n) is 5.87. The molecule has 0 bridgehead atoms. The lowest BCUT2D eigenvalue weighted by Crippen LogP contribution is -2.17. The Bertz CT molecular complexity index is 599. The maximum Gasteiger partial charge on any atom is 0.0206 e. The summed E-state index contributed by atoms with van der Waals surface area (Å²) in [5.41, 5.74) is 7.06. The molecule has 0 aromatic heterocycles. The van der Waals surface area contributed by atoms with E-state index in [2.05, 4.69) is 78.4 Å². The van der Waals surface area contributed by atoms with Gasteiger partial charge in [0.1, 0.15) is 0 Å². The fraction of sp³-hybridized carbons (Fsp3) is 0.400. The molecule has 0 saturated heterocycles. The highest BCUT2D eigenvalue weighted by Crippen LogP contribution is 2.16. The van der Waals surface area contributed by atoms with Crippen molar-refractivity contribution < 1.29 is 0 Å². The van der Waals surface area contributed by atoms with Crippen LogP contribution >= 0.6 is 15.9 Å². The van der Waals surface area contributed by atoms with Gasteiger partial charge in [0.15, 0.2) is 0 Å². The van der Waals surface area contributed by atoms with E-state index < -0.39 is 0 Å². The van der Waals surface area contributed by atoms with Crippen LogP contribution in [0, 0.1) is 6.92 Å². The third kappa shape index (κ3) is 4.96. The van der Waals surface area contributed by atoms with Gasteiger partial charge in [-0.2, -0.15) is 0 Å². The maximum absolute atomic E-state index is 3.57. The molecule has 0 aliphatic heterocycles. The summed E-state index contributed by atoms with van der Waals surface area (Å²) < 4.78 is 1.16. The average Bonchev–Trinajstić information content (AvgIpc) is 2.50. The Hall–Kier alpha value is -1.12. The van der Waals surface area contributed by atoms with E-state index in [9.17, 15) is 0 Å². The van der Waals surface area contributed by atoms with Crippen molar-refractivity contribution in [3.05, 3.63) is 68.7 Å². The number of rotatable bonds is 7. The zero-order valence-corrected chi connectivity index (χ0v) is 15.5. The van der Waals surface area contributed by atoms with E-state index in [0.717, 1.165) is 36.8 Å². The van der Waals surface area contributed by atoms with Crippen molar-refractivity contribution in [1.82, 2.24) is 5.32 Å². The van der Waals surface area contributed by atoms with E-state index in [1.54, 1.807) is 0 Å². The topological polar surface area (TPSA) is 12.0 Å². The molecule has 0 saturated carbocycles. The summed E-state index contributed by atoms with van der Waals surface area (Å²) in [6, 6.07) is 13.5. The summed E-state index contributed by atoms with van der Waals surface area (Å²) in [6.45, 7) is 8.54. The van der Waals surface area contributed by atoms with Gasteiger partial charge in [0.25, 0.3) is 0 Å². The molecule has 2 aromatic carbocycles. The van der Waals surface area contributed by atoms with Gasteiger partial charge in [-0.05, 0) is 72.7 Å². The first kappa shape index (κ1) is 17.2. The van der Waals surface area contributed by atoms with E-state index in [1.165, 1.54) is 27.8 Å². The maximum atomic E-state index is 3.57. The molecule has 0 unspecified atom stereocenters. The molecule has 0 fully saturated rings. The Morgan fingerprint density at radius 3 is 2.41 bits per heavy atom. The van der Waals surface area contributed by atoms with Gasteiger partial charge < -0.3 is 5.32 Å². The van der Waals surface area contributed by atoms with E-state index in [0.29, 0.717) is 0 Å². The van der Waals surface area contributed by atoms with E-state index in [1.807, 2.05) is 0 Å². The second-order valence-corrected chi connectivity index (χ2v) is 6.79. The van der Waals surface area contributed by atoms with Crippen LogP contribution in [0.2, 0.25) is 0 Å². The van der Waals surface area contributed by atoms with Crippen LogP contribution in [-0.2, 0) is 25.8 Å². The SMILES string of the molecule is CCc1ccc(CC)c(CCNCc2cc(C)cc(Br)c2)c1. The molecule has 0 aliphatic carbocycles. The third-order valence-corrected chi connectivity index (χ3v) is 4.52. The van der Waals surface area contributed by atoms with E-state index in [4.69, 9.17) is 0 Å².